The highest BCUT2D eigenvalue weighted by Gasteiger charge is 2.30. The van der Waals surface area contributed by atoms with Crippen LogP contribution in [0.2, 0.25) is 0 Å². The average molecular weight is 206 g/mol. The summed E-state index contributed by atoms with van der Waals surface area (Å²) < 4.78 is 10.4. The van der Waals surface area contributed by atoms with Gasteiger partial charge in [-0.15, -0.1) is 0 Å². The van der Waals surface area contributed by atoms with Gasteiger partial charge in [0, 0.05) is 4.92 Å². The Morgan fingerprint density at radius 1 is 1.67 bits per heavy atom. The highest BCUT2D eigenvalue weighted by atomic mass is 16.6. The third kappa shape index (κ3) is 1.80. The molecular formula is C9H9BNO4. The Balaban J connectivity index is 2.31. The second kappa shape index (κ2) is 3.90. The molecule has 1 aliphatic heterocycles. The van der Waals surface area contributed by atoms with Gasteiger partial charge in [-0.05, 0) is 17.1 Å². The molecule has 6 heteroatoms. The lowest BCUT2D eigenvalue weighted by Crippen LogP contribution is -2.15. The highest BCUT2D eigenvalue weighted by molar-refractivity contribution is 6.50. The molecule has 0 spiro atoms. The van der Waals surface area contributed by atoms with Gasteiger partial charge in [-0.3, -0.25) is 10.1 Å². The van der Waals surface area contributed by atoms with E-state index in [1.165, 1.54) is 7.48 Å². The molecule has 0 N–H and O–H groups in total. The molecule has 1 aromatic rings. The summed E-state index contributed by atoms with van der Waals surface area (Å²) in [6, 6.07) is 5.41. The van der Waals surface area contributed by atoms with Crippen molar-refractivity contribution >= 4 is 12.9 Å². The minimum absolute atomic E-state index is 0.226. The lowest BCUT2D eigenvalue weighted by molar-refractivity contribution is -0.489. The highest BCUT2D eigenvalue weighted by Crippen LogP contribution is 2.24. The molecule has 1 heterocycles. The molecule has 0 saturated heterocycles. The lowest BCUT2D eigenvalue weighted by atomic mass is 9.85. The fourth-order valence-corrected chi connectivity index (χ4v) is 1.65. The van der Waals surface area contributed by atoms with Crippen molar-refractivity contribution in [2.75, 3.05) is 13.7 Å². The molecule has 1 unspecified atom stereocenters. The predicted molar refractivity (Wildman–Crippen MR) is 54.1 cm³/mol. The van der Waals surface area contributed by atoms with E-state index in [2.05, 4.69) is 0 Å². The SMILES string of the molecule is COc1cccc2c1[B]OC2C[N+](=O)[O-]. The Labute approximate surface area is 87.4 Å². The molecular weight excluding hydrogens is 197 g/mol. The zero-order valence-corrected chi connectivity index (χ0v) is 8.17. The molecule has 0 saturated carbocycles. The van der Waals surface area contributed by atoms with Crippen LogP contribution in [0.25, 0.3) is 0 Å². The van der Waals surface area contributed by atoms with Crippen LogP contribution in [0.1, 0.15) is 11.7 Å². The van der Waals surface area contributed by atoms with Gasteiger partial charge < -0.3 is 9.39 Å². The molecule has 0 bridgehead atoms. The van der Waals surface area contributed by atoms with Crippen molar-refractivity contribution < 1.29 is 14.3 Å². The molecule has 15 heavy (non-hydrogen) atoms. The molecule has 0 aliphatic carbocycles. The number of hydrogen-bond acceptors (Lipinski definition) is 4. The lowest BCUT2D eigenvalue weighted by Gasteiger charge is -2.08. The van der Waals surface area contributed by atoms with Gasteiger partial charge in [0.25, 0.3) is 0 Å². The van der Waals surface area contributed by atoms with Crippen LogP contribution in [0.15, 0.2) is 18.2 Å². The van der Waals surface area contributed by atoms with Crippen LogP contribution in [0.3, 0.4) is 0 Å². The molecule has 1 radical (unpaired) electrons. The molecule has 1 atom stereocenters. The molecule has 0 aromatic heterocycles. The fraction of sp³-hybridized carbons (Fsp3) is 0.333. The number of fused-ring (bicyclic) bond motifs is 1. The van der Waals surface area contributed by atoms with Gasteiger partial charge in [0.1, 0.15) is 11.9 Å². The van der Waals surface area contributed by atoms with Crippen LogP contribution >= 0.6 is 0 Å². The summed E-state index contributed by atoms with van der Waals surface area (Å²) in [6.07, 6.45) is -0.495. The van der Waals surface area contributed by atoms with Crippen LogP contribution in [-0.4, -0.2) is 26.1 Å². The first-order valence-corrected chi connectivity index (χ1v) is 4.49. The van der Waals surface area contributed by atoms with E-state index in [0.717, 1.165) is 11.0 Å². The topological polar surface area (TPSA) is 61.6 Å². The number of nitro groups is 1. The molecule has 2 rings (SSSR count). The van der Waals surface area contributed by atoms with Gasteiger partial charge in [0.05, 0.1) is 7.11 Å². The van der Waals surface area contributed by atoms with Crippen LogP contribution in [0, 0.1) is 10.1 Å². The van der Waals surface area contributed by atoms with Crippen LogP contribution in [-0.2, 0) is 4.65 Å². The summed E-state index contributed by atoms with van der Waals surface area (Å²) in [7, 11) is 3.08. The van der Waals surface area contributed by atoms with Crippen molar-refractivity contribution in [2.24, 2.45) is 0 Å². The third-order valence-corrected chi connectivity index (χ3v) is 2.33. The molecule has 0 amide bonds. The second-order valence-electron chi connectivity index (χ2n) is 3.22. The molecule has 0 fully saturated rings. The smallest absolute Gasteiger partial charge is 0.335 e. The predicted octanol–water partition coefficient (Wildman–Crippen LogP) is 0.288. The van der Waals surface area contributed by atoms with Crippen molar-refractivity contribution in [3.63, 3.8) is 0 Å². The summed E-state index contributed by atoms with van der Waals surface area (Å²) in [6.45, 7) is -0.226. The largest absolute Gasteiger partial charge is 0.497 e. The van der Waals surface area contributed by atoms with Crippen molar-refractivity contribution in [3.05, 3.63) is 33.9 Å². The van der Waals surface area contributed by atoms with Gasteiger partial charge in [0.2, 0.25) is 6.54 Å². The van der Waals surface area contributed by atoms with E-state index in [-0.39, 0.29) is 11.5 Å². The van der Waals surface area contributed by atoms with E-state index in [1.54, 1.807) is 19.2 Å². The number of benzene rings is 1. The Hall–Kier alpha value is -1.56. The standard InChI is InChI=1S/C9H9BNO4/c1-14-7-4-2-3-6-8(5-11(12)13)15-10-9(6)7/h2-4,8H,5H2,1H3. The fourth-order valence-electron chi connectivity index (χ4n) is 1.65. The Kier molecular flexibility index (Phi) is 2.59. The van der Waals surface area contributed by atoms with E-state index in [0.29, 0.717) is 5.75 Å². The zero-order valence-electron chi connectivity index (χ0n) is 8.17. The van der Waals surface area contributed by atoms with E-state index < -0.39 is 6.10 Å². The Morgan fingerprint density at radius 2 is 2.47 bits per heavy atom. The monoisotopic (exact) mass is 206 g/mol. The maximum Gasteiger partial charge on any atom is 0.335 e. The van der Waals surface area contributed by atoms with Crippen LogP contribution in [0.5, 0.6) is 5.75 Å². The van der Waals surface area contributed by atoms with Crippen LogP contribution in [0.4, 0.5) is 0 Å². The van der Waals surface area contributed by atoms with Crippen molar-refractivity contribution in [3.8, 4) is 5.75 Å². The number of methoxy groups -OCH3 is 1. The summed E-state index contributed by atoms with van der Waals surface area (Å²) in [5, 5.41) is 10.4. The molecule has 1 aliphatic rings. The van der Waals surface area contributed by atoms with Crippen molar-refractivity contribution in [2.45, 2.75) is 6.10 Å². The van der Waals surface area contributed by atoms with Crippen LogP contribution < -0.4 is 10.2 Å². The molecule has 5 nitrogen and oxygen atoms in total. The van der Waals surface area contributed by atoms with Gasteiger partial charge in [-0.1, -0.05) is 12.1 Å². The number of hydrogen-bond donors (Lipinski definition) is 0. The first-order chi connectivity index (χ1) is 7.22. The molecule has 1 aromatic carbocycles. The normalized spacial score (nSPS) is 18.1. The van der Waals surface area contributed by atoms with Gasteiger partial charge in [-0.2, -0.15) is 0 Å². The summed E-state index contributed by atoms with van der Waals surface area (Å²) in [5.41, 5.74) is 1.61. The van der Waals surface area contributed by atoms with E-state index in [1.807, 2.05) is 6.07 Å². The van der Waals surface area contributed by atoms with E-state index >= 15 is 0 Å². The quantitative estimate of drug-likeness (QED) is 0.405. The Bertz CT molecular complexity index is 396. The maximum atomic E-state index is 10.4. The first-order valence-electron chi connectivity index (χ1n) is 4.49. The van der Waals surface area contributed by atoms with Gasteiger partial charge >= 0.3 is 7.48 Å². The zero-order chi connectivity index (χ0) is 10.8. The number of ether oxygens (including phenoxy) is 1. The minimum Gasteiger partial charge on any atom is -0.497 e. The first kappa shape index (κ1) is 9.98. The molecule has 77 valence electrons. The summed E-state index contributed by atoms with van der Waals surface area (Å²) in [4.78, 5) is 10.0. The van der Waals surface area contributed by atoms with Crippen molar-refractivity contribution in [1.29, 1.82) is 0 Å². The van der Waals surface area contributed by atoms with Gasteiger partial charge in [0.15, 0.2) is 0 Å². The van der Waals surface area contributed by atoms with Gasteiger partial charge in [-0.25, -0.2) is 0 Å². The summed E-state index contributed by atoms with van der Waals surface area (Å²) in [5.74, 6) is 0.679. The third-order valence-electron chi connectivity index (χ3n) is 2.33. The average Bonchev–Trinajstić information content (AvgIpc) is 2.61. The second-order valence-corrected chi connectivity index (χ2v) is 3.22. The maximum absolute atomic E-state index is 10.4. The number of nitrogens with zero attached hydrogens (tertiary/aromatic N) is 1. The van der Waals surface area contributed by atoms with Crippen molar-refractivity contribution in [1.82, 2.24) is 0 Å². The number of rotatable bonds is 3. The van der Waals surface area contributed by atoms with E-state index in [9.17, 15) is 10.1 Å². The van der Waals surface area contributed by atoms with E-state index in [4.69, 9.17) is 9.39 Å². The summed E-state index contributed by atoms with van der Waals surface area (Å²) >= 11 is 0. The Morgan fingerprint density at radius 3 is 3.13 bits per heavy atom. The minimum atomic E-state index is -0.495.